The van der Waals surface area contributed by atoms with Crippen LogP contribution in [0.2, 0.25) is 0 Å². The average Bonchev–Trinajstić information content (AvgIpc) is 3.35. The Bertz CT molecular complexity index is 1320. The van der Waals surface area contributed by atoms with E-state index < -0.39 is 22.7 Å². The van der Waals surface area contributed by atoms with E-state index in [4.69, 9.17) is 23.9 Å². The third-order valence-electron chi connectivity index (χ3n) is 7.00. The Hall–Kier alpha value is -4.05. The number of nitrogens with zero attached hydrogens (tertiary/aromatic N) is 2. The van der Waals surface area contributed by atoms with Crippen LogP contribution in [0.3, 0.4) is 0 Å². The minimum Gasteiger partial charge on any atom is -0.463 e. The van der Waals surface area contributed by atoms with E-state index in [1.54, 1.807) is 6.92 Å². The SMILES string of the molecule is COCCOC(=O)C1C(C)=NC2=C(C(=O)C[C@@H](c3ccccc3)C2)[C@H]1c1cc2c(cc1[N+](=O)[O-])OCO2. The number of ether oxygens (including phenoxy) is 4. The molecule has 2 aromatic carbocycles. The number of ketones is 1. The first-order chi connectivity index (χ1) is 17.9. The number of allylic oxidation sites excluding steroid dienone is 2. The van der Waals surface area contributed by atoms with Crippen molar-refractivity contribution in [2.45, 2.75) is 31.6 Å². The molecule has 2 aliphatic heterocycles. The summed E-state index contributed by atoms with van der Waals surface area (Å²) in [7, 11) is 1.49. The fourth-order valence-corrected chi connectivity index (χ4v) is 5.33. The Kier molecular flexibility index (Phi) is 6.75. The lowest BCUT2D eigenvalue weighted by Gasteiger charge is -2.36. The summed E-state index contributed by atoms with van der Waals surface area (Å²) in [5.74, 6) is -2.32. The number of Topliss-reactive ketones (excluding diaryl/α,β-unsaturated/α-hetero) is 1. The van der Waals surface area contributed by atoms with Crippen molar-refractivity contribution in [2.24, 2.45) is 10.9 Å². The fourth-order valence-electron chi connectivity index (χ4n) is 5.33. The number of rotatable bonds is 7. The average molecular weight is 507 g/mol. The van der Waals surface area contributed by atoms with E-state index >= 15 is 0 Å². The predicted octanol–water partition coefficient (Wildman–Crippen LogP) is 4.09. The van der Waals surface area contributed by atoms with Gasteiger partial charge in [0, 0.05) is 42.0 Å². The van der Waals surface area contributed by atoms with Crippen molar-refractivity contribution < 1.29 is 33.5 Å². The van der Waals surface area contributed by atoms with E-state index in [-0.39, 0.29) is 55.1 Å². The Morgan fingerprint density at radius 1 is 1.14 bits per heavy atom. The molecule has 2 aromatic rings. The molecule has 1 unspecified atom stereocenters. The third-order valence-corrected chi connectivity index (χ3v) is 7.00. The van der Waals surface area contributed by atoms with E-state index in [1.165, 1.54) is 19.2 Å². The summed E-state index contributed by atoms with van der Waals surface area (Å²) in [6.45, 7) is 1.81. The molecule has 0 fully saturated rings. The summed E-state index contributed by atoms with van der Waals surface area (Å²) in [4.78, 5) is 43.4. The summed E-state index contributed by atoms with van der Waals surface area (Å²) < 4.78 is 21.3. The molecule has 0 saturated heterocycles. The number of nitro benzene ring substituents is 1. The Morgan fingerprint density at radius 2 is 1.86 bits per heavy atom. The van der Waals surface area contributed by atoms with E-state index in [0.717, 1.165) is 5.56 Å². The molecular formula is C27H26N2O8. The molecule has 10 nitrogen and oxygen atoms in total. The molecule has 0 saturated carbocycles. The van der Waals surface area contributed by atoms with Crippen molar-refractivity contribution in [3.63, 3.8) is 0 Å². The van der Waals surface area contributed by atoms with Gasteiger partial charge in [0.05, 0.1) is 17.6 Å². The smallest absolute Gasteiger partial charge is 0.315 e. The maximum atomic E-state index is 13.7. The molecule has 1 aliphatic carbocycles. The number of benzene rings is 2. The van der Waals surface area contributed by atoms with Gasteiger partial charge in [-0.3, -0.25) is 24.7 Å². The minimum atomic E-state index is -1.02. The van der Waals surface area contributed by atoms with E-state index in [2.05, 4.69) is 0 Å². The molecule has 0 N–H and O–H groups in total. The highest BCUT2D eigenvalue weighted by Gasteiger charge is 2.47. The van der Waals surface area contributed by atoms with Crippen LogP contribution >= 0.6 is 0 Å². The van der Waals surface area contributed by atoms with Crippen LogP contribution in [0.4, 0.5) is 5.69 Å². The van der Waals surface area contributed by atoms with Gasteiger partial charge in [-0.05, 0) is 30.9 Å². The molecule has 2 heterocycles. The van der Waals surface area contributed by atoms with Gasteiger partial charge < -0.3 is 18.9 Å². The van der Waals surface area contributed by atoms with Gasteiger partial charge in [0.15, 0.2) is 17.3 Å². The lowest BCUT2D eigenvalue weighted by atomic mass is 9.69. The number of aliphatic imine (C=N–C) groups is 1. The van der Waals surface area contributed by atoms with Gasteiger partial charge in [-0.1, -0.05) is 30.3 Å². The molecule has 10 heteroatoms. The van der Waals surface area contributed by atoms with Crippen LogP contribution in [0.5, 0.6) is 11.5 Å². The van der Waals surface area contributed by atoms with Crippen molar-refractivity contribution in [3.8, 4) is 11.5 Å². The van der Waals surface area contributed by atoms with Crippen molar-refractivity contribution in [1.82, 2.24) is 0 Å². The topological polar surface area (TPSA) is 127 Å². The minimum absolute atomic E-state index is 0.00496. The molecule has 3 atom stereocenters. The quantitative estimate of drug-likeness (QED) is 0.238. The first-order valence-electron chi connectivity index (χ1n) is 12.0. The number of hydrogen-bond donors (Lipinski definition) is 0. The molecule has 3 aliphatic rings. The highest BCUT2D eigenvalue weighted by Crippen LogP contribution is 2.51. The van der Waals surface area contributed by atoms with Crippen LogP contribution in [0.25, 0.3) is 0 Å². The maximum absolute atomic E-state index is 13.7. The maximum Gasteiger partial charge on any atom is 0.315 e. The second-order valence-electron chi connectivity index (χ2n) is 9.19. The normalized spacial score (nSPS) is 22.4. The van der Waals surface area contributed by atoms with Crippen molar-refractivity contribution in [1.29, 1.82) is 0 Å². The first-order valence-corrected chi connectivity index (χ1v) is 12.0. The molecular weight excluding hydrogens is 480 g/mol. The van der Waals surface area contributed by atoms with E-state index in [1.807, 2.05) is 30.3 Å². The molecule has 0 amide bonds. The predicted molar refractivity (Wildman–Crippen MR) is 132 cm³/mol. The Labute approximate surface area is 213 Å². The molecule has 0 aromatic heterocycles. The van der Waals surface area contributed by atoms with Crippen molar-refractivity contribution in [3.05, 3.63) is 75.0 Å². The van der Waals surface area contributed by atoms with Gasteiger partial charge >= 0.3 is 5.97 Å². The van der Waals surface area contributed by atoms with Gasteiger partial charge in [0.25, 0.3) is 5.69 Å². The van der Waals surface area contributed by atoms with Crippen LogP contribution in [0.1, 0.15) is 42.7 Å². The Balaban J connectivity index is 1.64. The zero-order chi connectivity index (χ0) is 26.1. The summed E-state index contributed by atoms with van der Waals surface area (Å²) in [6, 6.07) is 12.5. The lowest BCUT2D eigenvalue weighted by molar-refractivity contribution is -0.385. The highest BCUT2D eigenvalue weighted by molar-refractivity contribution is 6.09. The van der Waals surface area contributed by atoms with Crippen LogP contribution in [-0.2, 0) is 19.1 Å². The van der Waals surface area contributed by atoms with Crippen LogP contribution in [-0.4, -0.2) is 49.5 Å². The van der Waals surface area contributed by atoms with Crippen LogP contribution < -0.4 is 9.47 Å². The largest absolute Gasteiger partial charge is 0.463 e. The molecule has 37 heavy (non-hydrogen) atoms. The van der Waals surface area contributed by atoms with Crippen molar-refractivity contribution in [2.75, 3.05) is 27.1 Å². The van der Waals surface area contributed by atoms with Crippen LogP contribution in [0, 0.1) is 16.0 Å². The third kappa shape index (κ3) is 4.60. The number of hydrogen-bond acceptors (Lipinski definition) is 9. The second kappa shape index (κ2) is 10.1. The first kappa shape index (κ1) is 24.6. The molecule has 0 bridgehead atoms. The summed E-state index contributed by atoms with van der Waals surface area (Å²) >= 11 is 0. The lowest BCUT2D eigenvalue weighted by Crippen LogP contribution is -2.38. The van der Waals surface area contributed by atoms with Gasteiger partial charge in [-0.25, -0.2) is 0 Å². The van der Waals surface area contributed by atoms with Gasteiger partial charge in [-0.15, -0.1) is 0 Å². The number of esters is 1. The number of carbonyl (C=O) groups is 2. The monoisotopic (exact) mass is 506 g/mol. The van der Waals surface area contributed by atoms with Gasteiger partial charge in [0.1, 0.15) is 12.5 Å². The second-order valence-corrected chi connectivity index (χ2v) is 9.19. The zero-order valence-electron chi connectivity index (χ0n) is 20.5. The van der Waals surface area contributed by atoms with Gasteiger partial charge in [-0.2, -0.15) is 0 Å². The number of nitro groups is 1. The standard InChI is InChI=1S/C27H26N2O8/c1-15-24(27(31)35-9-8-34-2)25(18-12-22-23(37-14-36-22)13-20(18)29(32)33)26-19(28-15)10-17(11-21(26)30)16-6-4-3-5-7-16/h3-7,12-13,17,24-25H,8-11,14H2,1-2H3/t17-,24?,25-/m0/s1. The van der Waals surface area contributed by atoms with Crippen LogP contribution in [0.15, 0.2) is 58.7 Å². The number of carbonyl (C=O) groups excluding carboxylic acids is 2. The molecule has 192 valence electrons. The highest BCUT2D eigenvalue weighted by atomic mass is 16.7. The van der Waals surface area contributed by atoms with E-state index in [9.17, 15) is 19.7 Å². The number of fused-ring (bicyclic) bond motifs is 1. The van der Waals surface area contributed by atoms with E-state index in [0.29, 0.717) is 29.2 Å². The Morgan fingerprint density at radius 3 is 2.57 bits per heavy atom. The number of methoxy groups -OCH3 is 1. The fraction of sp³-hybridized carbons (Fsp3) is 0.370. The molecule has 0 spiro atoms. The zero-order valence-corrected chi connectivity index (χ0v) is 20.5. The summed E-state index contributed by atoms with van der Waals surface area (Å²) in [5.41, 5.74) is 2.23. The van der Waals surface area contributed by atoms with Gasteiger partial charge in [0.2, 0.25) is 6.79 Å². The summed E-state index contributed by atoms with van der Waals surface area (Å²) in [6.07, 6.45) is 0.681. The molecule has 5 rings (SSSR count). The van der Waals surface area contributed by atoms with Crippen molar-refractivity contribution >= 4 is 23.2 Å². The molecule has 0 radical (unpaired) electrons. The summed E-state index contributed by atoms with van der Waals surface area (Å²) in [5, 5.41) is 12.2.